The minimum atomic E-state index is -0.250. The van der Waals surface area contributed by atoms with Crippen LogP contribution in [0.15, 0.2) is 36.7 Å². The number of hydrogen-bond donors (Lipinski definition) is 1. The van der Waals surface area contributed by atoms with Crippen molar-refractivity contribution in [2.24, 2.45) is 0 Å². The van der Waals surface area contributed by atoms with Crippen LogP contribution in [0.5, 0.6) is 0 Å². The van der Waals surface area contributed by atoms with Crippen LogP contribution in [0.1, 0.15) is 12.5 Å². The number of anilines is 2. The van der Waals surface area contributed by atoms with Gasteiger partial charge >= 0.3 is 6.09 Å². The number of hydrogen-bond acceptors (Lipinski definition) is 6. The number of benzene rings is 1. The molecule has 7 nitrogen and oxygen atoms in total. The van der Waals surface area contributed by atoms with Gasteiger partial charge in [0.25, 0.3) is 0 Å². The molecule has 0 unspecified atom stereocenters. The van der Waals surface area contributed by atoms with Gasteiger partial charge in [0.15, 0.2) is 0 Å². The molecule has 1 N–H and O–H groups in total. The lowest BCUT2D eigenvalue weighted by atomic mass is 10.2. The highest BCUT2D eigenvalue weighted by atomic mass is 35.5. The van der Waals surface area contributed by atoms with Gasteiger partial charge in [-0.15, -0.1) is 0 Å². The second-order valence-electron chi connectivity index (χ2n) is 5.91. The Bertz CT molecular complexity index is 733. The summed E-state index contributed by atoms with van der Waals surface area (Å²) in [6.07, 6.45) is 1.30. The van der Waals surface area contributed by atoms with E-state index in [1.54, 1.807) is 11.2 Å². The maximum atomic E-state index is 11.8. The molecule has 1 aromatic heterocycles. The fourth-order valence-corrected chi connectivity index (χ4v) is 2.87. The summed E-state index contributed by atoms with van der Waals surface area (Å²) >= 11 is 5.90. The van der Waals surface area contributed by atoms with Crippen molar-refractivity contribution in [1.29, 1.82) is 0 Å². The van der Waals surface area contributed by atoms with Gasteiger partial charge in [-0.05, 0) is 24.6 Å². The minimum Gasteiger partial charge on any atom is -0.450 e. The third kappa shape index (κ3) is 4.76. The molecule has 1 saturated heterocycles. The number of nitrogens with one attached hydrogen (secondary N) is 1. The molecule has 1 aliphatic heterocycles. The summed E-state index contributed by atoms with van der Waals surface area (Å²) in [5.74, 6) is 1.61. The van der Waals surface area contributed by atoms with E-state index in [1.807, 2.05) is 37.3 Å². The van der Waals surface area contributed by atoms with Crippen molar-refractivity contribution in [2.45, 2.75) is 13.5 Å². The molecule has 8 heteroatoms. The second-order valence-corrected chi connectivity index (χ2v) is 6.35. The molecule has 0 radical (unpaired) electrons. The lowest BCUT2D eigenvalue weighted by Gasteiger charge is -2.34. The summed E-state index contributed by atoms with van der Waals surface area (Å²) in [5.41, 5.74) is 1.12. The average Bonchev–Trinajstić information content (AvgIpc) is 2.68. The first-order valence-electron chi connectivity index (χ1n) is 8.62. The molecular formula is C18H22ClN5O2. The number of aromatic nitrogens is 2. The molecular weight excluding hydrogens is 354 g/mol. The van der Waals surface area contributed by atoms with Crippen molar-refractivity contribution in [3.8, 4) is 0 Å². The molecule has 3 rings (SSSR count). The predicted molar refractivity (Wildman–Crippen MR) is 102 cm³/mol. The van der Waals surface area contributed by atoms with Gasteiger partial charge < -0.3 is 19.9 Å². The molecule has 1 amide bonds. The van der Waals surface area contributed by atoms with E-state index in [-0.39, 0.29) is 6.09 Å². The Kier molecular flexibility index (Phi) is 6.12. The van der Waals surface area contributed by atoms with Crippen molar-refractivity contribution in [3.63, 3.8) is 0 Å². The monoisotopic (exact) mass is 375 g/mol. The van der Waals surface area contributed by atoms with Crippen LogP contribution in [0, 0.1) is 0 Å². The van der Waals surface area contributed by atoms with E-state index >= 15 is 0 Å². The molecule has 0 atom stereocenters. The highest BCUT2D eigenvalue weighted by Crippen LogP contribution is 2.17. The minimum absolute atomic E-state index is 0.250. The Balaban J connectivity index is 1.56. The van der Waals surface area contributed by atoms with E-state index in [9.17, 15) is 4.79 Å². The van der Waals surface area contributed by atoms with E-state index < -0.39 is 0 Å². The molecule has 1 aromatic carbocycles. The van der Waals surface area contributed by atoms with Crippen LogP contribution in [-0.4, -0.2) is 53.7 Å². The predicted octanol–water partition coefficient (Wildman–Crippen LogP) is 3.02. The standard InChI is InChI=1S/C18H22ClN5O2/c1-2-26-18(25)24-9-7-23(8-10-24)17-11-16(21-13-22-17)20-12-14-3-5-15(19)6-4-14/h3-6,11,13H,2,7-10,12H2,1H3,(H,20,21,22). The number of amides is 1. The van der Waals surface area contributed by atoms with E-state index in [4.69, 9.17) is 16.3 Å². The summed E-state index contributed by atoms with van der Waals surface area (Å²) < 4.78 is 5.05. The lowest BCUT2D eigenvalue weighted by molar-refractivity contribution is 0.105. The summed E-state index contributed by atoms with van der Waals surface area (Å²) in [6, 6.07) is 9.62. The molecule has 138 valence electrons. The molecule has 0 saturated carbocycles. The van der Waals surface area contributed by atoms with E-state index in [0.29, 0.717) is 39.3 Å². The SMILES string of the molecule is CCOC(=O)N1CCN(c2cc(NCc3ccc(Cl)cc3)ncn2)CC1. The van der Waals surface area contributed by atoms with Crippen molar-refractivity contribution in [1.82, 2.24) is 14.9 Å². The number of carbonyl (C=O) groups is 1. The number of ether oxygens (including phenoxy) is 1. The Morgan fingerprint density at radius 3 is 2.62 bits per heavy atom. The Hall–Kier alpha value is -2.54. The van der Waals surface area contributed by atoms with Gasteiger partial charge in [-0.3, -0.25) is 0 Å². The van der Waals surface area contributed by atoms with Crippen LogP contribution >= 0.6 is 11.6 Å². The Morgan fingerprint density at radius 2 is 1.92 bits per heavy atom. The fourth-order valence-electron chi connectivity index (χ4n) is 2.74. The van der Waals surface area contributed by atoms with Gasteiger partial charge in [0.05, 0.1) is 6.61 Å². The van der Waals surface area contributed by atoms with Crippen molar-refractivity contribution in [2.75, 3.05) is 43.0 Å². The maximum absolute atomic E-state index is 11.8. The molecule has 0 spiro atoms. The third-order valence-corrected chi connectivity index (χ3v) is 4.42. The summed E-state index contributed by atoms with van der Waals surface area (Å²) in [6.45, 7) is 5.54. The van der Waals surface area contributed by atoms with Crippen LogP contribution in [-0.2, 0) is 11.3 Å². The normalized spacial score (nSPS) is 14.2. The Morgan fingerprint density at radius 1 is 1.19 bits per heavy atom. The zero-order valence-electron chi connectivity index (χ0n) is 14.7. The van der Waals surface area contributed by atoms with Crippen LogP contribution in [0.25, 0.3) is 0 Å². The number of rotatable bonds is 5. The first-order chi connectivity index (χ1) is 12.7. The van der Waals surface area contributed by atoms with Crippen LogP contribution in [0.2, 0.25) is 5.02 Å². The molecule has 2 heterocycles. The van der Waals surface area contributed by atoms with Crippen LogP contribution in [0.4, 0.5) is 16.4 Å². The zero-order valence-corrected chi connectivity index (χ0v) is 15.4. The van der Waals surface area contributed by atoms with Gasteiger partial charge in [0.2, 0.25) is 0 Å². The van der Waals surface area contributed by atoms with Gasteiger partial charge in [0.1, 0.15) is 18.0 Å². The molecule has 1 fully saturated rings. The van der Waals surface area contributed by atoms with Gasteiger partial charge in [-0.2, -0.15) is 0 Å². The highest BCUT2D eigenvalue weighted by Gasteiger charge is 2.22. The first kappa shape index (κ1) is 18.3. The Labute approximate surface area is 157 Å². The largest absolute Gasteiger partial charge is 0.450 e. The molecule has 26 heavy (non-hydrogen) atoms. The van der Waals surface area contributed by atoms with Crippen molar-refractivity contribution >= 4 is 29.3 Å². The second kappa shape index (κ2) is 8.71. The number of halogens is 1. The quantitative estimate of drug-likeness (QED) is 0.866. The number of nitrogens with zero attached hydrogens (tertiary/aromatic N) is 4. The summed E-state index contributed by atoms with van der Waals surface area (Å²) in [7, 11) is 0. The molecule has 0 aliphatic carbocycles. The fraction of sp³-hybridized carbons (Fsp3) is 0.389. The molecule has 1 aliphatic rings. The molecule has 2 aromatic rings. The van der Waals surface area contributed by atoms with Gasteiger partial charge in [-0.1, -0.05) is 23.7 Å². The first-order valence-corrected chi connectivity index (χ1v) is 9.00. The van der Waals surface area contributed by atoms with Crippen LogP contribution < -0.4 is 10.2 Å². The summed E-state index contributed by atoms with van der Waals surface area (Å²) in [4.78, 5) is 24.3. The van der Waals surface area contributed by atoms with E-state index in [0.717, 1.165) is 22.2 Å². The van der Waals surface area contributed by atoms with E-state index in [1.165, 1.54) is 0 Å². The van der Waals surface area contributed by atoms with Crippen molar-refractivity contribution < 1.29 is 9.53 Å². The zero-order chi connectivity index (χ0) is 18.4. The lowest BCUT2D eigenvalue weighted by Crippen LogP contribution is -2.49. The van der Waals surface area contributed by atoms with Gasteiger partial charge in [-0.25, -0.2) is 14.8 Å². The highest BCUT2D eigenvalue weighted by molar-refractivity contribution is 6.30. The molecule has 0 bridgehead atoms. The number of carbonyl (C=O) groups excluding carboxylic acids is 1. The third-order valence-electron chi connectivity index (χ3n) is 4.17. The van der Waals surface area contributed by atoms with Crippen molar-refractivity contribution in [3.05, 3.63) is 47.2 Å². The maximum Gasteiger partial charge on any atom is 0.409 e. The van der Waals surface area contributed by atoms with Gasteiger partial charge in [0, 0.05) is 43.8 Å². The topological polar surface area (TPSA) is 70.6 Å². The smallest absolute Gasteiger partial charge is 0.409 e. The van der Waals surface area contributed by atoms with Crippen LogP contribution in [0.3, 0.4) is 0 Å². The number of piperazine rings is 1. The average molecular weight is 376 g/mol. The van der Waals surface area contributed by atoms with E-state index in [2.05, 4.69) is 20.2 Å². The summed E-state index contributed by atoms with van der Waals surface area (Å²) in [5, 5.41) is 4.02.